The average Bonchev–Trinajstić information content (AvgIpc) is 2.86. The zero-order chi connectivity index (χ0) is 15.1. The van der Waals surface area contributed by atoms with Gasteiger partial charge in [0.25, 0.3) is 5.91 Å². The third-order valence-electron chi connectivity index (χ3n) is 2.59. The molecule has 2 aromatic rings. The molecular weight excluding hydrogens is 288 g/mol. The number of hydrogen-bond acceptors (Lipinski definition) is 6. The second-order valence-corrected chi connectivity index (χ2v) is 5.18. The molecule has 0 bridgehead atoms. The second kappa shape index (κ2) is 7.49. The Morgan fingerprint density at radius 3 is 2.86 bits per heavy atom. The van der Waals surface area contributed by atoms with Gasteiger partial charge in [-0.1, -0.05) is 29.5 Å². The largest absolute Gasteiger partial charge is 0.492 e. The van der Waals surface area contributed by atoms with Crippen LogP contribution in [0, 0.1) is 0 Å². The molecule has 0 fully saturated rings. The Balaban J connectivity index is 1.79. The molecule has 0 saturated carbocycles. The van der Waals surface area contributed by atoms with E-state index in [4.69, 9.17) is 10.5 Å². The summed E-state index contributed by atoms with van der Waals surface area (Å²) in [5.41, 5.74) is 5.74. The van der Waals surface area contributed by atoms with Gasteiger partial charge in [0.15, 0.2) is 5.13 Å². The van der Waals surface area contributed by atoms with Gasteiger partial charge in [-0.3, -0.25) is 4.79 Å². The Hall–Kier alpha value is -2.28. The topological polar surface area (TPSA) is 89.3 Å². The number of anilines is 2. The Bertz CT molecular complexity index is 586. The fraction of sp³-hybridized carbons (Fsp3) is 0.286. The Labute approximate surface area is 127 Å². The van der Waals surface area contributed by atoms with Gasteiger partial charge >= 0.3 is 0 Å². The van der Waals surface area contributed by atoms with Crippen molar-refractivity contribution < 1.29 is 9.53 Å². The number of carbonyl (C=O) groups is 1. The molecule has 0 spiro atoms. The molecule has 0 unspecified atom stereocenters. The summed E-state index contributed by atoms with van der Waals surface area (Å²) in [6.07, 6.45) is 0. The molecule has 0 saturated heterocycles. The molecule has 1 heterocycles. The van der Waals surface area contributed by atoms with Crippen LogP contribution < -0.4 is 21.1 Å². The highest BCUT2D eigenvalue weighted by Gasteiger charge is 2.15. The molecule has 1 aromatic heterocycles. The van der Waals surface area contributed by atoms with Crippen molar-refractivity contribution in [3.8, 4) is 5.75 Å². The van der Waals surface area contributed by atoms with E-state index in [-0.39, 0.29) is 11.7 Å². The summed E-state index contributed by atoms with van der Waals surface area (Å²) in [6, 6.07) is 9.45. The fourth-order valence-corrected chi connectivity index (χ4v) is 2.52. The van der Waals surface area contributed by atoms with Gasteiger partial charge in [0.05, 0.1) is 6.54 Å². The molecule has 1 amide bonds. The first-order valence-electron chi connectivity index (χ1n) is 6.67. The normalized spacial score (nSPS) is 10.1. The number of nitrogens with two attached hydrogens (primary N) is 1. The molecule has 112 valence electrons. The number of amides is 1. The number of para-hydroxylation sites is 1. The van der Waals surface area contributed by atoms with Crippen LogP contribution in [-0.4, -0.2) is 30.6 Å². The summed E-state index contributed by atoms with van der Waals surface area (Å²) in [4.78, 5) is 16.5. The van der Waals surface area contributed by atoms with Crippen molar-refractivity contribution in [1.29, 1.82) is 0 Å². The predicted octanol–water partition coefficient (Wildman–Crippen LogP) is 1.97. The Morgan fingerprint density at radius 1 is 1.38 bits per heavy atom. The first-order valence-corrected chi connectivity index (χ1v) is 7.48. The number of benzene rings is 1. The lowest BCUT2D eigenvalue weighted by Gasteiger charge is -2.06. The SMILES string of the molecule is CCNc1nc(N)c(C(=O)NCCOc2ccccc2)s1. The summed E-state index contributed by atoms with van der Waals surface area (Å²) in [6.45, 7) is 3.49. The number of nitrogen functional groups attached to an aromatic ring is 1. The highest BCUT2D eigenvalue weighted by Crippen LogP contribution is 2.24. The van der Waals surface area contributed by atoms with E-state index in [1.54, 1.807) is 0 Å². The van der Waals surface area contributed by atoms with Crippen molar-refractivity contribution in [2.45, 2.75) is 6.92 Å². The summed E-state index contributed by atoms with van der Waals surface area (Å²) in [5.74, 6) is 0.793. The van der Waals surface area contributed by atoms with E-state index in [2.05, 4.69) is 15.6 Å². The maximum absolute atomic E-state index is 12.0. The summed E-state index contributed by atoms with van der Waals surface area (Å²) in [7, 11) is 0. The smallest absolute Gasteiger partial charge is 0.265 e. The third-order valence-corrected chi connectivity index (χ3v) is 3.61. The molecule has 0 aliphatic carbocycles. The van der Waals surface area contributed by atoms with Crippen molar-refractivity contribution in [1.82, 2.24) is 10.3 Å². The maximum Gasteiger partial charge on any atom is 0.265 e. The van der Waals surface area contributed by atoms with Crippen LogP contribution in [0.3, 0.4) is 0 Å². The van der Waals surface area contributed by atoms with E-state index in [1.165, 1.54) is 11.3 Å². The number of rotatable bonds is 7. The molecule has 0 atom stereocenters. The zero-order valence-electron chi connectivity index (χ0n) is 11.8. The molecule has 0 radical (unpaired) electrons. The van der Waals surface area contributed by atoms with E-state index in [1.807, 2.05) is 37.3 Å². The molecule has 6 nitrogen and oxygen atoms in total. The first-order chi connectivity index (χ1) is 10.2. The molecule has 21 heavy (non-hydrogen) atoms. The Morgan fingerprint density at radius 2 is 2.14 bits per heavy atom. The fourth-order valence-electron chi connectivity index (χ4n) is 1.65. The van der Waals surface area contributed by atoms with Crippen LogP contribution in [-0.2, 0) is 0 Å². The standard InChI is InChI=1S/C14H18N4O2S/c1-2-16-14-18-12(15)11(21-14)13(19)17-8-9-20-10-6-4-3-5-7-10/h3-7H,2,8-9,15H2,1H3,(H,16,18)(H,17,19). The molecule has 0 aliphatic heterocycles. The van der Waals surface area contributed by atoms with Crippen molar-refractivity contribution in [2.75, 3.05) is 30.7 Å². The third kappa shape index (κ3) is 4.35. The molecular formula is C14H18N4O2S. The van der Waals surface area contributed by atoms with Crippen LogP contribution in [0.2, 0.25) is 0 Å². The van der Waals surface area contributed by atoms with Gasteiger partial charge in [-0.25, -0.2) is 4.98 Å². The van der Waals surface area contributed by atoms with Gasteiger partial charge in [0, 0.05) is 6.54 Å². The van der Waals surface area contributed by atoms with E-state index in [0.717, 1.165) is 12.3 Å². The quantitative estimate of drug-likeness (QED) is 0.681. The van der Waals surface area contributed by atoms with Crippen LogP contribution >= 0.6 is 11.3 Å². The lowest BCUT2D eigenvalue weighted by Crippen LogP contribution is -2.28. The highest BCUT2D eigenvalue weighted by atomic mass is 32.1. The van der Waals surface area contributed by atoms with E-state index in [9.17, 15) is 4.79 Å². The van der Waals surface area contributed by atoms with Crippen LogP contribution in [0.15, 0.2) is 30.3 Å². The van der Waals surface area contributed by atoms with Crippen molar-refractivity contribution >= 4 is 28.2 Å². The first kappa shape index (κ1) is 15.1. The average molecular weight is 306 g/mol. The van der Waals surface area contributed by atoms with Gasteiger partial charge in [-0.15, -0.1) is 0 Å². The number of nitrogens with zero attached hydrogens (tertiary/aromatic N) is 1. The lowest BCUT2D eigenvalue weighted by atomic mass is 10.3. The van der Waals surface area contributed by atoms with Crippen LogP contribution in [0.5, 0.6) is 5.75 Å². The number of hydrogen-bond donors (Lipinski definition) is 3. The number of carbonyl (C=O) groups excluding carboxylic acids is 1. The van der Waals surface area contributed by atoms with Crippen LogP contribution in [0.25, 0.3) is 0 Å². The van der Waals surface area contributed by atoms with Gasteiger partial charge < -0.3 is 21.1 Å². The molecule has 2 rings (SSSR count). The van der Waals surface area contributed by atoms with E-state index >= 15 is 0 Å². The second-order valence-electron chi connectivity index (χ2n) is 4.18. The van der Waals surface area contributed by atoms with Crippen molar-refractivity contribution in [2.24, 2.45) is 0 Å². The van der Waals surface area contributed by atoms with Crippen molar-refractivity contribution in [3.05, 3.63) is 35.2 Å². The molecule has 0 aliphatic rings. The van der Waals surface area contributed by atoms with Crippen molar-refractivity contribution in [3.63, 3.8) is 0 Å². The van der Waals surface area contributed by atoms with Crippen LogP contribution in [0.4, 0.5) is 10.9 Å². The number of aromatic nitrogens is 1. The Kier molecular flexibility index (Phi) is 5.39. The number of ether oxygens (including phenoxy) is 1. The number of nitrogens with one attached hydrogen (secondary N) is 2. The summed E-state index contributed by atoms with van der Waals surface area (Å²) < 4.78 is 5.50. The number of thiazole rings is 1. The van der Waals surface area contributed by atoms with Gasteiger partial charge in [-0.05, 0) is 19.1 Å². The van der Waals surface area contributed by atoms with Gasteiger partial charge in [0.2, 0.25) is 0 Å². The maximum atomic E-state index is 12.0. The van der Waals surface area contributed by atoms with Gasteiger partial charge in [-0.2, -0.15) is 0 Å². The van der Waals surface area contributed by atoms with Gasteiger partial charge in [0.1, 0.15) is 23.1 Å². The summed E-state index contributed by atoms with van der Waals surface area (Å²) >= 11 is 1.25. The minimum absolute atomic E-state index is 0.231. The van der Waals surface area contributed by atoms with E-state index < -0.39 is 0 Å². The minimum Gasteiger partial charge on any atom is -0.492 e. The minimum atomic E-state index is -0.231. The summed E-state index contributed by atoms with van der Waals surface area (Å²) in [5, 5.41) is 6.45. The highest BCUT2D eigenvalue weighted by molar-refractivity contribution is 7.18. The molecule has 7 heteroatoms. The lowest BCUT2D eigenvalue weighted by molar-refractivity contribution is 0.0951. The zero-order valence-corrected chi connectivity index (χ0v) is 12.6. The predicted molar refractivity (Wildman–Crippen MR) is 85.0 cm³/mol. The monoisotopic (exact) mass is 306 g/mol. The molecule has 4 N–H and O–H groups in total. The molecule has 1 aromatic carbocycles. The van der Waals surface area contributed by atoms with E-state index in [0.29, 0.717) is 23.2 Å². The van der Waals surface area contributed by atoms with Crippen LogP contribution in [0.1, 0.15) is 16.6 Å².